The van der Waals surface area contributed by atoms with Gasteiger partial charge in [0.15, 0.2) is 5.60 Å². The number of nitrogens with one attached hydrogen (secondary N) is 2. The normalized spacial score (nSPS) is 11.5. The number of carbonyl (C=O) groups excluding carboxylic acids is 1. The number of carbonyl (C=O) groups is 1. The fourth-order valence-corrected chi connectivity index (χ4v) is 4.91. The molecule has 2 N–H and O–H groups in total. The average Bonchev–Trinajstić information content (AvgIpc) is 3.17. The summed E-state index contributed by atoms with van der Waals surface area (Å²) in [5.41, 5.74) is 2.31. The fourth-order valence-electron chi connectivity index (χ4n) is 3.46. The van der Waals surface area contributed by atoms with Crippen LogP contribution in [0.1, 0.15) is 13.8 Å². The first-order chi connectivity index (χ1) is 15.8. The minimum atomic E-state index is -0.998. The van der Waals surface area contributed by atoms with E-state index in [1.165, 1.54) is 10.3 Å². The van der Waals surface area contributed by atoms with E-state index >= 15 is 0 Å². The summed E-state index contributed by atoms with van der Waals surface area (Å²) in [5, 5.41) is 4.81. The number of benzene rings is 3. The molecule has 0 aliphatic heterocycles. The Morgan fingerprint density at radius 3 is 2.48 bits per heavy atom. The van der Waals surface area contributed by atoms with E-state index in [2.05, 4.69) is 50.5 Å². The van der Waals surface area contributed by atoms with E-state index in [9.17, 15) is 4.79 Å². The van der Waals surface area contributed by atoms with E-state index in [1.807, 2.05) is 24.3 Å². The van der Waals surface area contributed by atoms with Gasteiger partial charge in [-0.25, -0.2) is 0 Å². The molecule has 0 bridgehead atoms. The first-order valence-electron chi connectivity index (χ1n) is 10.6. The highest BCUT2D eigenvalue weighted by molar-refractivity contribution is 9.10. The molecule has 0 fully saturated rings. The van der Waals surface area contributed by atoms with Crippen LogP contribution in [0.3, 0.4) is 0 Å². The van der Waals surface area contributed by atoms with Crippen molar-refractivity contribution in [3.8, 4) is 17.0 Å². The summed E-state index contributed by atoms with van der Waals surface area (Å²) < 4.78 is 6.92. The number of para-hydroxylation sites is 1. The minimum Gasteiger partial charge on any atom is -0.478 e. The number of thioether (sulfide) groups is 1. The Morgan fingerprint density at radius 1 is 1.06 bits per heavy atom. The van der Waals surface area contributed by atoms with Crippen molar-refractivity contribution in [3.05, 3.63) is 82.3 Å². The lowest BCUT2D eigenvalue weighted by atomic mass is 10.1. The van der Waals surface area contributed by atoms with Gasteiger partial charge in [0, 0.05) is 37.6 Å². The number of aromatic nitrogens is 1. The van der Waals surface area contributed by atoms with Crippen molar-refractivity contribution in [2.24, 2.45) is 0 Å². The molecule has 0 spiro atoms. The van der Waals surface area contributed by atoms with Crippen LogP contribution in [0, 0.1) is 0 Å². The molecular weight excluding hydrogens is 520 g/mol. The van der Waals surface area contributed by atoms with E-state index in [0.717, 1.165) is 27.0 Å². The summed E-state index contributed by atoms with van der Waals surface area (Å²) in [6.07, 6.45) is 0. The van der Waals surface area contributed by atoms with Crippen LogP contribution in [0.2, 0.25) is 5.02 Å². The van der Waals surface area contributed by atoms with Crippen molar-refractivity contribution in [1.29, 1.82) is 0 Å². The highest BCUT2D eigenvalue weighted by Crippen LogP contribution is 2.37. The molecule has 0 radical (unpaired) electrons. The monoisotopic (exact) mass is 542 g/mol. The fraction of sp³-hybridized carbons (Fsp3) is 0.192. The van der Waals surface area contributed by atoms with Crippen LogP contribution in [0.4, 0.5) is 0 Å². The van der Waals surface area contributed by atoms with Crippen molar-refractivity contribution in [1.82, 2.24) is 10.3 Å². The maximum absolute atomic E-state index is 12.7. The van der Waals surface area contributed by atoms with Gasteiger partial charge >= 0.3 is 0 Å². The molecule has 4 nitrogen and oxygen atoms in total. The van der Waals surface area contributed by atoms with Crippen molar-refractivity contribution >= 4 is 56.1 Å². The molecule has 3 aromatic carbocycles. The van der Waals surface area contributed by atoms with Crippen LogP contribution in [0.15, 0.2) is 82.2 Å². The number of ether oxygens (including phenoxy) is 1. The summed E-state index contributed by atoms with van der Waals surface area (Å²) in [6, 6.07) is 23.5. The average molecular weight is 544 g/mol. The number of halogens is 2. The Labute approximate surface area is 211 Å². The zero-order valence-corrected chi connectivity index (χ0v) is 21.5. The number of hydrogen-bond acceptors (Lipinski definition) is 3. The minimum absolute atomic E-state index is 0.162. The Kier molecular flexibility index (Phi) is 7.37. The second-order valence-electron chi connectivity index (χ2n) is 8.05. The molecule has 4 rings (SSSR count). The standard InChI is InChI=1S/C26H24BrClN2O2S/c1-26(2,32-20-13-11-19(28)12-14-20)25(31)29-15-16-33-24-21-5-3-4-6-22(21)30-23(24)17-7-9-18(27)10-8-17/h3-14,30H,15-16H2,1-2H3,(H,29,31). The smallest absolute Gasteiger partial charge is 0.263 e. The number of H-pyrrole nitrogens is 1. The van der Waals surface area contributed by atoms with Gasteiger partial charge in [0.05, 0.1) is 5.69 Å². The number of amides is 1. The molecule has 33 heavy (non-hydrogen) atoms. The van der Waals surface area contributed by atoms with Gasteiger partial charge < -0.3 is 15.0 Å². The maximum atomic E-state index is 12.7. The third kappa shape index (κ3) is 5.75. The Balaban J connectivity index is 1.41. The summed E-state index contributed by atoms with van der Waals surface area (Å²) >= 11 is 11.2. The number of fused-ring (bicyclic) bond motifs is 1. The Bertz CT molecular complexity index is 1250. The zero-order chi connectivity index (χ0) is 23.4. The molecule has 0 aliphatic carbocycles. The third-order valence-corrected chi connectivity index (χ3v) is 7.06. The second kappa shape index (κ2) is 10.2. The number of hydrogen-bond donors (Lipinski definition) is 2. The van der Waals surface area contributed by atoms with E-state index in [1.54, 1.807) is 49.9 Å². The molecule has 7 heteroatoms. The first kappa shape index (κ1) is 23.7. The lowest BCUT2D eigenvalue weighted by Gasteiger charge is -2.25. The lowest BCUT2D eigenvalue weighted by Crippen LogP contribution is -2.47. The molecule has 1 heterocycles. The van der Waals surface area contributed by atoms with Gasteiger partial charge in [-0.15, -0.1) is 11.8 Å². The third-order valence-electron chi connectivity index (χ3n) is 5.16. The molecule has 0 saturated heterocycles. The summed E-state index contributed by atoms with van der Waals surface area (Å²) in [4.78, 5) is 17.5. The van der Waals surface area contributed by atoms with E-state index < -0.39 is 5.60 Å². The summed E-state index contributed by atoms with van der Waals surface area (Å²) in [6.45, 7) is 4.04. The zero-order valence-electron chi connectivity index (χ0n) is 18.3. The van der Waals surface area contributed by atoms with E-state index in [4.69, 9.17) is 16.3 Å². The number of rotatable bonds is 8. The van der Waals surface area contributed by atoms with Crippen molar-refractivity contribution < 1.29 is 9.53 Å². The predicted molar refractivity (Wildman–Crippen MR) is 141 cm³/mol. The maximum Gasteiger partial charge on any atom is 0.263 e. The molecule has 0 atom stereocenters. The van der Waals surface area contributed by atoms with Crippen LogP contribution >= 0.6 is 39.3 Å². The molecule has 0 unspecified atom stereocenters. The van der Waals surface area contributed by atoms with Crippen LogP contribution < -0.4 is 10.1 Å². The van der Waals surface area contributed by atoms with Crippen LogP contribution in [-0.4, -0.2) is 28.8 Å². The summed E-state index contributed by atoms with van der Waals surface area (Å²) in [7, 11) is 0. The Hall–Kier alpha value is -2.41. The molecule has 1 amide bonds. The highest BCUT2D eigenvalue weighted by Gasteiger charge is 2.29. The van der Waals surface area contributed by atoms with Gasteiger partial charge in [-0.1, -0.05) is 57.9 Å². The quantitative estimate of drug-likeness (QED) is 0.181. The Morgan fingerprint density at radius 2 is 1.76 bits per heavy atom. The molecular formula is C26H24BrClN2O2S. The topological polar surface area (TPSA) is 54.1 Å². The summed E-state index contributed by atoms with van der Waals surface area (Å²) in [5.74, 6) is 1.17. The SMILES string of the molecule is CC(C)(Oc1ccc(Cl)cc1)C(=O)NCCSc1c(-c2ccc(Br)cc2)[nH]c2ccccc12. The molecule has 0 aliphatic rings. The van der Waals surface area contributed by atoms with Crippen molar-refractivity contribution in [2.75, 3.05) is 12.3 Å². The van der Waals surface area contributed by atoms with Gasteiger partial charge in [0.1, 0.15) is 5.75 Å². The van der Waals surface area contributed by atoms with Gasteiger partial charge in [-0.05, 0) is 61.9 Å². The van der Waals surface area contributed by atoms with Gasteiger partial charge in [-0.2, -0.15) is 0 Å². The highest BCUT2D eigenvalue weighted by atomic mass is 79.9. The number of aromatic amines is 1. The van der Waals surface area contributed by atoms with Crippen molar-refractivity contribution in [2.45, 2.75) is 24.3 Å². The van der Waals surface area contributed by atoms with E-state index in [-0.39, 0.29) is 5.91 Å². The van der Waals surface area contributed by atoms with Gasteiger partial charge in [-0.3, -0.25) is 4.79 Å². The van der Waals surface area contributed by atoms with Crippen LogP contribution in [-0.2, 0) is 4.79 Å². The van der Waals surface area contributed by atoms with Gasteiger partial charge in [0.2, 0.25) is 0 Å². The van der Waals surface area contributed by atoms with Gasteiger partial charge in [0.25, 0.3) is 5.91 Å². The first-order valence-corrected chi connectivity index (χ1v) is 12.7. The second-order valence-corrected chi connectivity index (χ2v) is 10.5. The van der Waals surface area contributed by atoms with Crippen LogP contribution in [0.5, 0.6) is 5.75 Å². The van der Waals surface area contributed by atoms with E-state index in [0.29, 0.717) is 17.3 Å². The van der Waals surface area contributed by atoms with Crippen molar-refractivity contribution in [3.63, 3.8) is 0 Å². The van der Waals surface area contributed by atoms with Crippen LogP contribution in [0.25, 0.3) is 22.2 Å². The molecule has 0 saturated carbocycles. The molecule has 4 aromatic rings. The largest absolute Gasteiger partial charge is 0.478 e. The predicted octanol–water partition coefficient (Wildman–Crippen LogP) is 7.32. The lowest BCUT2D eigenvalue weighted by molar-refractivity contribution is -0.134. The molecule has 170 valence electrons. The molecule has 1 aromatic heterocycles.